The molecule has 154 valence electrons. The van der Waals surface area contributed by atoms with Crippen molar-refractivity contribution in [3.8, 4) is 0 Å². The van der Waals surface area contributed by atoms with Crippen molar-refractivity contribution in [1.29, 1.82) is 0 Å². The normalized spacial score (nSPS) is 12.0. The lowest BCUT2D eigenvalue weighted by Crippen LogP contribution is -2.35. The van der Waals surface area contributed by atoms with Crippen LogP contribution >= 0.6 is 0 Å². The molecule has 0 amide bonds. The highest BCUT2D eigenvalue weighted by Crippen LogP contribution is 2.12. The Balaban J connectivity index is 2.15. The summed E-state index contributed by atoms with van der Waals surface area (Å²) in [6, 6.07) is 7.98. The van der Waals surface area contributed by atoms with E-state index in [9.17, 15) is 8.42 Å². The van der Waals surface area contributed by atoms with E-state index in [1.54, 1.807) is 6.08 Å². The predicted octanol–water partition coefficient (Wildman–Crippen LogP) is 4.72. The van der Waals surface area contributed by atoms with E-state index >= 15 is 0 Å². The fourth-order valence-corrected chi connectivity index (χ4v) is 3.51. The van der Waals surface area contributed by atoms with Crippen LogP contribution in [0.3, 0.4) is 0 Å². The molecular formula is C21H37N3O2S. The molecule has 0 aliphatic rings. The quantitative estimate of drug-likeness (QED) is 0.333. The molecule has 6 heteroatoms. The molecule has 0 radical (unpaired) electrons. The van der Waals surface area contributed by atoms with Crippen molar-refractivity contribution in [2.45, 2.75) is 71.3 Å². The maximum atomic E-state index is 11.9. The first-order chi connectivity index (χ1) is 12.9. The molecule has 2 N–H and O–H groups in total. The van der Waals surface area contributed by atoms with Gasteiger partial charge in [-0.15, -0.1) is 4.83 Å². The van der Waals surface area contributed by atoms with Crippen LogP contribution in [0.5, 0.6) is 0 Å². The molecule has 0 aliphatic carbocycles. The van der Waals surface area contributed by atoms with E-state index in [0.717, 1.165) is 24.1 Å². The molecule has 0 atom stereocenters. The van der Waals surface area contributed by atoms with Gasteiger partial charge in [0.15, 0.2) is 0 Å². The molecule has 5 nitrogen and oxygen atoms in total. The molecule has 27 heavy (non-hydrogen) atoms. The molecule has 0 spiro atoms. The summed E-state index contributed by atoms with van der Waals surface area (Å²) in [5.74, 6) is 0. The SMILES string of the molecule is CCCCCCCCCCC=CS(=O)(=O)NNCc1ccc(N(C)C)cc1. The molecule has 1 aromatic rings. The van der Waals surface area contributed by atoms with Gasteiger partial charge in [-0.3, -0.25) is 0 Å². The Kier molecular flexibility index (Phi) is 12.1. The van der Waals surface area contributed by atoms with E-state index in [2.05, 4.69) is 17.2 Å². The van der Waals surface area contributed by atoms with Crippen molar-refractivity contribution >= 4 is 15.7 Å². The summed E-state index contributed by atoms with van der Waals surface area (Å²) in [5, 5.41) is 1.26. The molecular weight excluding hydrogens is 358 g/mol. The molecule has 0 unspecified atom stereocenters. The maximum absolute atomic E-state index is 11.9. The number of anilines is 1. The average molecular weight is 396 g/mol. The fraction of sp³-hybridized carbons (Fsp3) is 0.619. The number of nitrogens with one attached hydrogen (secondary N) is 2. The first-order valence-corrected chi connectivity index (χ1v) is 11.7. The minimum Gasteiger partial charge on any atom is -0.378 e. The van der Waals surface area contributed by atoms with Gasteiger partial charge in [-0.05, 0) is 30.5 Å². The lowest BCUT2D eigenvalue weighted by molar-refractivity contribution is 0.563. The molecule has 0 saturated carbocycles. The van der Waals surface area contributed by atoms with Crippen molar-refractivity contribution in [1.82, 2.24) is 10.3 Å². The summed E-state index contributed by atoms with van der Waals surface area (Å²) in [6.45, 7) is 2.67. The van der Waals surface area contributed by atoms with Crippen LogP contribution in [0, 0.1) is 0 Å². The Morgan fingerprint density at radius 3 is 2.11 bits per heavy atom. The Morgan fingerprint density at radius 2 is 1.52 bits per heavy atom. The van der Waals surface area contributed by atoms with Crippen LogP contribution < -0.4 is 15.2 Å². The highest BCUT2D eigenvalue weighted by atomic mass is 32.2. The number of nitrogens with zero attached hydrogens (tertiary/aromatic N) is 1. The first kappa shape index (κ1) is 23.7. The molecule has 0 heterocycles. The van der Waals surface area contributed by atoms with Crippen LogP contribution in [0.2, 0.25) is 0 Å². The zero-order valence-electron chi connectivity index (χ0n) is 17.2. The highest BCUT2D eigenvalue weighted by Gasteiger charge is 2.03. The summed E-state index contributed by atoms with van der Waals surface area (Å²) in [6.07, 6.45) is 12.6. The summed E-state index contributed by atoms with van der Waals surface area (Å²) >= 11 is 0. The third-order valence-electron chi connectivity index (χ3n) is 4.46. The van der Waals surface area contributed by atoms with Crippen LogP contribution in [-0.4, -0.2) is 22.5 Å². The first-order valence-electron chi connectivity index (χ1n) is 10.1. The summed E-state index contributed by atoms with van der Waals surface area (Å²) in [7, 11) is 0.544. The molecule has 0 aromatic heterocycles. The minimum absolute atomic E-state index is 0.443. The smallest absolute Gasteiger partial charge is 0.246 e. The van der Waals surface area contributed by atoms with Gasteiger partial charge in [0.05, 0.1) is 0 Å². The lowest BCUT2D eigenvalue weighted by atomic mass is 10.1. The highest BCUT2D eigenvalue weighted by molar-refractivity contribution is 7.92. The molecule has 1 aromatic carbocycles. The molecule has 0 bridgehead atoms. The number of hydrogen-bond acceptors (Lipinski definition) is 4. The second kappa shape index (κ2) is 13.7. The van der Waals surface area contributed by atoms with Crippen LogP contribution in [0.4, 0.5) is 5.69 Å². The third kappa shape index (κ3) is 11.8. The number of hydrogen-bond donors (Lipinski definition) is 2. The van der Waals surface area contributed by atoms with E-state index in [-0.39, 0.29) is 0 Å². The summed E-state index contributed by atoms with van der Waals surface area (Å²) in [4.78, 5) is 4.43. The Labute approximate surface area is 166 Å². The van der Waals surface area contributed by atoms with Gasteiger partial charge in [0.25, 0.3) is 0 Å². The second-order valence-corrected chi connectivity index (χ2v) is 8.76. The number of rotatable bonds is 15. The van der Waals surface area contributed by atoms with Gasteiger partial charge in [0.2, 0.25) is 10.0 Å². The Hall–Kier alpha value is -1.37. The Bertz CT molecular complexity index is 625. The molecule has 0 fully saturated rings. The summed E-state index contributed by atoms with van der Waals surface area (Å²) in [5.41, 5.74) is 4.91. The number of benzene rings is 1. The van der Waals surface area contributed by atoms with Gasteiger partial charge >= 0.3 is 0 Å². The standard InChI is InChI=1S/C21H37N3O2S/c1-4-5-6-7-8-9-10-11-12-13-18-27(25,26)23-22-19-20-14-16-21(17-15-20)24(2)3/h13-18,22-23H,4-12,19H2,1-3H3. The second-order valence-electron chi connectivity index (χ2n) is 7.20. The number of sulfonamides is 1. The van der Waals surface area contributed by atoms with E-state index in [1.165, 1.54) is 50.4 Å². The van der Waals surface area contributed by atoms with Gasteiger partial charge in [-0.2, -0.15) is 0 Å². The van der Waals surface area contributed by atoms with Crippen molar-refractivity contribution < 1.29 is 8.42 Å². The lowest BCUT2D eigenvalue weighted by Gasteiger charge is -2.13. The average Bonchev–Trinajstić information content (AvgIpc) is 2.63. The largest absolute Gasteiger partial charge is 0.378 e. The predicted molar refractivity (Wildman–Crippen MR) is 116 cm³/mol. The van der Waals surface area contributed by atoms with Crippen LogP contribution in [-0.2, 0) is 16.6 Å². The number of unbranched alkanes of at least 4 members (excludes halogenated alkanes) is 8. The fourth-order valence-electron chi connectivity index (χ4n) is 2.78. The molecule has 0 aliphatic heterocycles. The van der Waals surface area contributed by atoms with Crippen molar-refractivity contribution in [3.05, 3.63) is 41.3 Å². The van der Waals surface area contributed by atoms with Crippen LogP contribution in [0.25, 0.3) is 0 Å². The van der Waals surface area contributed by atoms with Gasteiger partial charge in [-0.1, -0.05) is 70.1 Å². The van der Waals surface area contributed by atoms with Crippen LogP contribution in [0.15, 0.2) is 35.7 Å². The molecule has 1 rings (SSSR count). The van der Waals surface area contributed by atoms with Gasteiger partial charge in [-0.25, -0.2) is 13.8 Å². The third-order valence-corrected chi connectivity index (χ3v) is 5.44. The number of allylic oxidation sites excluding steroid dienone is 1. The van der Waals surface area contributed by atoms with E-state index < -0.39 is 10.0 Å². The summed E-state index contributed by atoms with van der Waals surface area (Å²) < 4.78 is 23.9. The zero-order valence-corrected chi connectivity index (χ0v) is 18.0. The zero-order chi connectivity index (χ0) is 20.0. The number of hydrazine groups is 1. The Morgan fingerprint density at radius 1 is 0.926 bits per heavy atom. The van der Waals surface area contributed by atoms with Crippen molar-refractivity contribution in [2.24, 2.45) is 0 Å². The van der Waals surface area contributed by atoms with Crippen LogP contribution in [0.1, 0.15) is 70.3 Å². The molecule has 0 saturated heterocycles. The van der Waals surface area contributed by atoms with E-state index in [1.807, 2.05) is 43.3 Å². The van der Waals surface area contributed by atoms with Crippen molar-refractivity contribution in [2.75, 3.05) is 19.0 Å². The topological polar surface area (TPSA) is 61.4 Å². The maximum Gasteiger partial charge on any atom is 0.246 e. The van der Waals surface area contributed by atoms with E-state index in [4.69, 9.17) is 0 Å². The van der Waals surface area contributed by atoms with E-state index in [0.29, 0.717) is 6.54 Å². The van der Waals surface area contributed by atoms with Gasteiger partial charge in [0, 0.05) is 31.7 Å². The monoisotopic (exact) mass is 395 g/mol. The van der Waals surface area contributed by atoms with Gasteiger partial charge in [0.1, 0.15) is 0 Å². The van der Waals surface area contributed by atoms with Gasteiger partial charge < -0.3 is 4.90 Å². The van der Waals surface area contributed by atoms with Crippen molar-refractivity contribution in [3.63, 3.8) is 0 Å². The minimum atomic E-state index is -3.43.